The van der Waals surface area contributed by atoms with Crippen molar-refractivity contribution in [1.82, 2.24) is 15.1 Å². The quantitative estimate of drug-likeness (QED) is 0.630. The van der Waals surface area contributed by atoms with Crippen molar-refractivity contribution in [3.63, 3.8) is 0 Å². The monoisotopic (exact) mass is 289 g/mol. The first-order valence-corrected chi connectivity index (χ1v) is 7.70. The number of aromatic nitrogens is 2. The highest BCUT2D eigenvalue weighted by Gasteiger charge is 2.13. The van der Waals surface area contributed by atoms with E-state index in [1.165, 1.54) is 4.90 Å². The molecule has 1 N–H and O–H groups in total. The zero-order valence-corrected chi connectivity index (χ0v) is 12.3. The van der Waals surface area contributed by atoms with Gasteiger partial charge in [-0.05, 0) is 37.3 Å². The molecular formula is C15H19N3OS. The maximum atomic E-state index is 11.9. The highest BCUT2D eigenvalue weighted by atomic mass is 32.2. The predicted octanol–water partition coefficient (Wildman–Crippen LogP) is 2.74. The second-order valence-corrected chi connectivity index (χ2v) is 5.64. The topological polar surface area (TPSA) is 46.9 Å². The average Bonchev–Trinajstić information content (AvgIpc) is 3.01. The third kappa shape index (κ3) is 4.42. The lowest BCUT2D eigenvalue weighted by Crippen LogP contribution is -2.32. The number of carbonyl (C=O) groups excluding carboxylic acids is 1. The van der Waals surface area contributed by atoms with E-state index in [0.717, 1.165) is 12.2 Å². The highest BCUT2D eigenvalue weighted by molar-refractivity contribution is 7.99. The molecule has 2 rings (SSSR count). The zero-order chi connectivity index (χ0) is 14.2. The summed E-state index contributed by atoms with van der Waals surface area (Å²) in [6, 6.07) is 11.9. The molecule has 1 heterocycles. The van der Waals surface area contributed by atoms with Crippen LogP contribution in [0.3, 0.4) is 0 Å². The van der Waals surface area contributed by atoms with E-state index in [0.29, 0.717) is 6.54 Å². The summed E-state index contributed by atoms with van der Waals surface area (Å²) in [4.78, 5) is 13.2. The fourth-order valence-electron chi connectivity index (χ4n) is 1.77. The lowest BCUT2D eigenvalue weighted by atomic mass is 10.3. The molecule has 0 saturated heterocycles. The molecule has 1 amide bonds. The number of hydrogen-bond acceptors (Lipinski definition) is 3. The Morgan fingerprint density at radius 1 is 1.35 bits per heavy atom. The number of nitrogens with one attached hydrogen (secondary N) is 1. The first-order chi connectivity index (χ1) is 9.77. The van der Waals surface area contributed by atoms with Crippen LogP contribution in [0.1, 0.15) is 19.4 Å². The van der Waals surface area contributed by atoms with Crippen LogP contribution in [0.4, 0.5) is 0 Å². The van der Waals surface area contributed by atoms with Gasteiger partial charge in [0.25, 0.3) is 0 Å². The van der Waals surface area contributed by atoms with Gasteiger partial charge in [0, 0.05) is 23.8 Å². The molecule has 5 heteroatoms. The molecule has 20 heavy (non-hydrogen) atoms. The Morgan fingerprint density at radius 2 is 2.15 bits per heavy atom. The van der Waals surface area contributed by atoms with Crippen molar-refractivity contribution in [3.8, 4) is 0 Å². The minimum Gasteiger partial charge on any atom is -0.354 e. The molecule has 0 bridgehead atoms. The molecule has 4 nitrogen and oxygen atoms in total. The van der Waals surface area contributed by atoms with Crippen LogP contribution in [0.2, 0.25) is 0 Å². The van der Waals surface area contributed by atoms with Crippen molar-refractivity contribution in [3.05, 3.63) is 48.8 Å². The van der Waals surface area contributed by atoms with E-state index in [9.17, 15) is 4.79 Å². The number of carbonyl (C=O) groups is 1. The van der Waals surface area contributed by atoms with Crippen LogP contribution in [0.15, 0.2) is 53.7 Å². The minimum absolute atomic E-state index is 0.0124. The van der Waals surface area contributed by atoms with E-state index in [-0.39, 0.29) is 11.9 Å². The van der Waals surface area contributed by atoms with Crippen LogP contribution in [-0.2, 0) is 4.79 Å². The molecule has 106 valence electrons. The lowest BCUT2D eigenvalue weighted by Gasteiger charge is -2.12. The summed E-state index contributed by atoms with van der Waals surface area (Å²) < 4.78 is 1.66. The van der Waals surface area contributed by atoms with Crippen molar-refractivity contribution in [2.24, 2.45) is 0 Å². The zero-order valence-electron chi connectivity index (χ0n) is 11.5. The molecule has 0 spiro atoms. The van der Waals surface area contributed by atoms with Crippen molar-refractivity contribution in [2.75, 3.05) is 12.3 Å². The fourth-order valence-corrected chi connectivity index (χ4v) is 2.64. The third-order valence-corrected chi connectivity index (χ3v) is 4.03. The Kier molecular flexibility index (Phi) is 5.68. The molecule has 0 saturated carbocycles. The Balaban J connectivity index is 1.62. The van der Waals surface area contributed by atoms with E-state index in [2.05, 4.69) is 22.5 Å². The first-order valence-electron chi connectivity index (χ1n) is 6.72. The van der Waals surface area contributed by atoms with E-state index >= 15 is 0 Å². The normalized spacial score (nSPS) is 12.1. The average molecular weight is 289 g/mol. The smallest absolute Gasteiger partial charge is 0.244 e. The van der Waals surface area contributed by atoms with Gasteiger partial charge in [-0.3, -0.25) is 9.48 Å². The van der Waals surface area contributed by atoms with E-state index in [1.807, 2.05) is 43.0 Å². The van der Waals surface area contributed by atoms with Crippen LogP contribution in [-0.4, -0.2) is 28.0 Å². The summed E-state index contributed by atoms with van der Waals surface area (Å²) in [5.41, 5.74) is 0. The van der Waals surface area contributed by atoms with Gasteiger partial charge in [0.05, 0.1) is 0 Å². The first kappa shape index (κ1) is 14.7. The Morgan fingerprint density at radius 3 is 2.85 bits per heavy atom. The summed E-state index contributed by atoms with van der Waals surface area (Å²) in [5, 5.41) is 7.02. The molecular weight excluding hydrogens is 270 g/mol. The summed E-state index contributed by atoms with van der Waals surface area (Å²) >= 11 is 1.81. The van der Waals surface area contributed by atoms with Crippen LogP contribution < -0.4 is 5.32 Å². The maximum absolute atomic E-state index is 11.9. The Hall–Kier alpha value is -1.75. The predicted molar refractivity (Wildman–Crippen MR) is 81.7 cm³/mol. The van der Waals surface area contributed by atoms with Gasteiger partial charge in [0.2, 0.25) is 5.91 Å². The molecule has 1 aromatic heterocycles. The third-order valence-electron chi connectivity index (χ3n) is 2.93. The fraction of sp³-hybridized carbons (Fsp3) is 0.333. The number of amides is 1. The highest BCUT2D eigenvalue weighted by Crippen LogP contribution is 2.17. The molecule has 0 radical (unpaired) electrons. The molecule has 1 aromatic carbocycles. The van der Waals surface area contributed by atoms with Crippen LogP contribution >= 0.6 is 11.8 Å². The Labute approximate surface area is 123 Å². The lowest BCUT2D eigenvalue weighted by molar-refractivity contribution is -0.124. The summed E-state index contributed by atoms with van der Waals surface area (Å²) in [5.74, 6) is 1.01. The van der Waals surface area contributed by atoms with Gasteiger partial charge >= 0.3 is 0 Å². The van der Waals surface area contributed by atoms with Gasteiger partial charge in [0.1, 0.15) is 6.04 Å². The second-order valence-electron chi connectivity index (χ2n) is 4.47. The van der Waals surface area contributed by atoms with Gasteiger partial charge in [-0.1, -0.05) is 18.2 Å². The molecule has 0 aliphatic carbocycles. The largest absolute Gasteiger partial charge is 0.354 e. The number of hydrogen-bond donors (Lipinski definition) is 1. The van der Waals surface area contributed by atoms with Crippen molar-refractivity contribution >= 4 is 17.7 Å². The van der Waals surface area contributed by atoms with Crippen molar-refractivity contribution in [1.29, 1.82) is 0 Å². The molecule has 2 aromatic rings. The minimum atomic E-state index is -0.258. The molecule has 1 atom stereocenters. The SMILES string of the molecule is CC(C(=O)NCCCSc1ccccc1)n1cccn1. The summed E-state index contributed by atoms with van der Waals surface area (Å²) in [7, 11) is 0. The van der Waals surface area contributed by atoms with Gasteiger partial charge in [0.15, 0.2) is 0 Å². The number of rotatable bonds is 7. The van der Waals surface area contributed by atoms with E-state index < -0.39 is 0 Å². The van der Waals surface area contributed by atoms with Crippen molar-refractivity contribution in [2.45, 2.75) is 24.3 Å². The second kappa shape index (κ2) is 7.75. The molecule has 0 aliphatic heterocycles. The number of benzene rings is 1. The van der Waals surface area contributed by atoms with E-state index in [4.69, 9.17) is 0 Å². The van der Waals surface area contributed by atoms with Crippen LogP contribution in [0.5, 0.6) is 0 Å². The molecule has 1 unspecified atom stereocenters. The van der Waals surface area contributed by atoms with Crippen LogP contribution in [0, 0.1) is 0 Å². The van der Waals surface area contributed by atoms with Gasteiger partial charge in [-0.15, -0.1) is 11.8 Å². The van der Waals surface area contributed by atoms with E-state index in [1.54, 1.807) is 17.1 Å². The van der Waals surface area contributed by atoms with Crippen LogP contribution in [0.25, 0.3) is 0 Å². The van der Waals surface area contributed by atoms with Gasteiger partial charge < -0.3 is 5.32 Å². The standard InChI is InChI=1S/C15H19N3OS/c1-13(18-11-5-10-17-18)15(19)16-9-6-12-20-14-7-3-2-4-8-14/h2-5,7-8,10-11,13H,6,9,12H2,1H3,(H,16,19). The summed E-state index contributed by atoms with van der Waals surface area (Å²) in [6.07, 6.45) is 4.44. The maximum Gasteiger partial charge on any atom is 0.244 e. The number of nitrogens with zero attached hydrogens (tertiary/aromatic N) is 2. The Bertz CT molecular complexity index is 513. The van der Waals surface area contributed by atoms with Gasteiger partial charge in [-0.25, -0.2) is 0 Å². The molecule has 0 fully saturated rings. The van der Waals surface area contributed by atoms with Crippen molar-refractivity contribution < 1.29 is 4.79 Å². The number of thioether (sulfide) groups is 1. The summed E-state index contributed by atoms with van der Waals surface area (Å²) in [6.45, 7) is 2.55. The molecule has 0 aliphatic rings. The van der Waals surface area contributed by atoms with Gasteiger partial charge in [-0.2, -0.15) is 5.10 Å².